The summed E-state index contributed by atoms with van der Waals surface area (Å²) in [6.45, 7) is 1.24. The number of nitrogens with zero attached hydrogens (tertiary/aromatic N) is 1. The minimum absolute atomic E-state index is 0.0728. The third-order valence-corrected chi connectivity index (χ3v) is 1.85. The van der Waals surface area contributed by atoms with Gasteiger partial charge in [0.25, 0.3) is 0 Å². The van der Waals surface area contributed by atoms with Gasteiger partial charge in [0.2, 0.25) is 0 Å². The standard InChI is InChI=1S/C9H11NO3/c11-6-7-4-8-9(5-10-7)13-3-1-2-12-8/h4-5,11H,1-3,6H2. The minimum Gasteiger partial charge on any atom is -0.489 e. The lowest BCUT2D eigenvalue weighted by Gasteiger charge is -2.06. The summed E-state index contributed by atoms with van der Waals surface area (Å²) in [7, 11) is 0. The van der Waals surface area contributed by atoms with E-state index in [2.05, 4.69) is 4.98 Å². The molecule has 0 unspecified atom stereocenters. The Labute approximate surface area is 76.1 Å². The highest BCUT2D eigenvalue weighted by atomic mass is 16.5. The van der Waals surface area contributed by atoms with Gasteiger partial charge in [-0.1, -0.05) is 0 Å². The minimum atomic E-state index is -0.0728. The lowest BCUT2D eigenvalue weighted by Crippen LogP contribution is -1.97. The predicted octanol–water partition coefficient (Wildman–Crippen LogP) is 0.735. The largest absolute Gasteiger partial charge is 0.489 e. The maximum absolute atomic E-state index is 8.85. The van der Waals surface area contributed by atoms with Gasteiger partial charge in [-0.15, -0.1) is 0 Å². The van der Waals surface area contributed by atoms with E-state index in [-0.39, 0.29) is 6.61 Å². The van der Waals surface area contributed by atoms with Gasteiger partial charge < -0.3 is 14.6 Å². The molecule has 4 heteroatoms. The lowest BCUT2D eigenvalue weighted by molar-refractivity contribution is 0.274. The molecule has 0 aromatic carbocycles. The molecule has 0 fully saturated rings. The highest BCUT2D eigenvalue weighted by Crippen LogP contribution is 2.28. The molecule has 13 heavy (non-hydrogen) atoms. The zero-order valence-electron chi connectivity index (χ0n) is 7.19. The van der Waals surface area contributed by atoms with Gasteiger partial charge in [-0.3, -0.25) is 4.98 Å². The Morgan fingerprint density at radius 1 is 1.31 bits per heavy atom. The summed E-state index contributed by atoms with van der Waals surface area (Å²) in [6, 6.07) is 1.71. The first kappa shape index (κ1) is 8.31. The summed E-state index contributed by atoms with van der Waals surface area (Å²) in [5.41, 5.74) is 0.601. The van der Waals surface area contributed by atoms with E-state index in [9.17, 15) is 0 Å². The SMILES string of the molecule is OCc1cc2c(cn1)OCCCO2. The molecule has 1 aromatic heterocycles. The van der Waals surface area contributed by atoms with Crippen molar-refractivity contribution < 1.29 is 14.6 Å². The van der Waals surface area contributed by atoms with E-state index in [1.54, 1.807) is 12.3 Å². The maximum Gasteiger partial charge on any atom is 0.179 e. The fourth-order valence-electron chi connectivity index (χ4n) is 1.20. The lowest BCUT2D eigenvalue weighted by atomic mass is 10.3. The number of rotatable bonds is 1. The highest BCUT2D eigenvalue weighted by Gasteiger charge is 2.10. The molecule has 1 N–H and O–H groups in total. The van der Waals surface area contributed by atoms with E-state index >= 15 is 0 Å². The van der Waals surface area contributed by atoms with Crippen LogP contribution in [0.1, 0.15) is 12.1 Å². The first-order valence-electron chi connectivity index (χ1n) is 4.25. The average Bonchev–Trinajstić information content (AvgIpc) is 2.41. The van der Waals surface area contributed by atoms with Crippen molar-refractivity contribution in [3.8, 4) is 11.5 Å². The first-order valence-corrected chi connectivity index (χ1v) is 4.25. The summed E-state index contributed by atoms with van der Waals surface area (Å²) >= 11 is 0. The van der Waals surface area contributed by atoms with Gasteiger partial charge in [0.05, 0.1) is 31.7 Å². The van der Waals surface area contributed by atoms with Crippen molar-refractivity contribution >= 4 is 0 Å². The normalized spacial score (nSPS) is 15.2. The molecule has 1 aliphatic heterocycles. The molecule has 1 aliphatic rings. The summed E-state index contributed by atoms with van der Waals surface area (Å²) in [4.78, 5) is 4.00. The van der Waals surface area contributed by atoms with Gasteiger partial charge in [-0.2, -0.15) is 0 Å². The smallest absolute Gasteiger partial charge is 0.179 e. The van der Waals surface area contributed by atoms with Crippen molar-refractivity contribution in [1.29, 1.82) is 0 Å². The number of fused-ring (bicyclic) bond motifs is 1. The van der Waals surface area contributed by atoms with Crippen LogP contribution in [0.3, 0.4) is 0 Å². The van der Waals surface area contributed by atoms with Gasteiger partial charge in [-0.25, -0.2) is 0 Å². The number of hydrogen-bond donors (Lipinski definition) is 1. The third kappa shape index (κ3) is 1.72. The number of aliphatic hydroxyl groups is 1. The molecule has 70 valence electrons. The molecule has 0 bridgehead atoms. The molecule has 4 nitrogen and oxygen atoms in total. The van der Waals surface area contributed by atoms with Crippen LogP contribution in [0.5, 0.6) is 11.5 Å². The second-order valence-electron chi connectivity index (χ2n) is 2.83. The molecule has 1 aromatic rings. The summed E-state index contributed by atoms with van der Waals surface area (Å²) in [6.07, 6.45) is 2.47. The van der Waals surface area contributed by atoms with Crippen LogP contribution in [-0.4, -0.2) is 23.3 Å². The Hall–Kier alpha value is -1.29. The van der Waals surface area contributed by atoms with Crippen molar-refractivity contribution in [1.82, 2.24) is 4.98 Å². The van der Waals surface area contributed by atoms with Crippen LogP contribution in [-0.2, 0) is 6.61 Å². The monoisotopic (exact) mass is 181 g/mol. The van der Waals surface area contributed by atoms with Gasteiger partial charge in [0.1, 0.15) is 0 Å². The number of aliphatic hydroxyl groups excluding tert-OH is 1. The molecule has 0 aliphatic carbocycles. The van der Waals surface area contributed by atoms with Crippen LogP contribution < -0.4 is 9.47 Å². The van der Waals surface area contributed by atoms with E-state index in [0.29, 0.717) is 30.4 Å². The Morgan fingerprint density at radius 3 is 2.85 bits per heavy atom. The second kappa shape index (κ2) is 3.62. The molecule has 0 amide bonds. The zero-order chi connectivity index (χ0) is 9.10. The molecular weight excluding hydrogens is 170 g/mol. The topological polar surface area (TPSA) is 51.6 Å². The fraction of sp³-hybridized carbons (Fsp3) is 0.444. The second-order valence-corrected chi connectivity index (χ2v) is 2.83. The van der Waals surface area contributed by atoms with Crippen LogP contribution in [0.2, 0.25) is 0 Å². The van der Waals surface area contributed by atoms with Gasteiger partial charge in [-0.05, 0) is 0 Å². The van der Waals surface area contributed by atoms with Crippen molar-refractivity contribution in [2.75, 3.05) is 13.2 Å². The van der Waals surface area contributed by atoms with E-state index in [4.69, 9.17) is 14.6 Å². The van der Waals surface area contributed by atoms with E-state index in [1.165, 1.54) is 0 Å². The number of ether oxygens (including phenoxy) is 2. The summed E-state index contributed by atoms with van der Waals surface area (Å²) in [5.74, 6) is 1.34. The number of aromatic nitrogens is 1. The molecular formula is C9H11NO3. The van der Waals surface area contributed by atoms with Crippen LogP contribution in [0.4, 0.5) is 0 Å². The quantitative estimate of drug-likeness (QED) is 0.694. The van der Waals surface area contributed by atoms with Gasteiger partial charge in [0, 0.05) is 12.5 Å². The van der Waals surface area contributed by atoms with Crippen LogP contribution in [0, 0.1) is 0 Å². The summed E-state index contributed by atoms with van der Waals surface area (Å²) in [5, 5.41) is 8.85. The fourth-order valence-corrected chi connectivity index (χ4v) is 1.20. The van der Waals surface area contributed by atoms with Crippen molar-refractivity contribution in [3.63, 3.8) is 0 Å². The van der Waals surface area contributed by atoms with Crippen molar-refractivity contribution in [2.45, 2.75) is 13.0 Å². The van der Waals surface area contributed by atoms with Crippen LogP contribution in [0.25, 0.3) is 0 Å². The first-order chi connectivity index (χ1) is 6.40. The highest BCUT2D eigenvalue weighted by molar-refractivity contribution is 5.39. The van der Waals surface area contributed by atoms with Crippen molar-refractivity contribution in [2.24, 2.45) is 0 Å². The van der Waals surface area contributed by atoms with E-state index < -0.39 is 0 Å². The predicted molar refractivity (Wildman–Crippen MR) is 45.8 cm³/mol. The molecule has 0 atom stereocenters. The average molecular weight is 181 g/mol. The van der Waals surface area contributed by atoms with Crippen LogP contribution >= 0.6 is 0 Å². The molecule has 0 saturated heterocycles. The molecule has 2 heterocycles. The Bertz CT molecular complexity index is 301. The van der Waals surface area contributed by atoms with Crippen LogP contribution in [0.15, 0.2) is 12.3 Å². The molecule has 2 rings (SSSR count). The van der Waals surface area contributed by atoms with Crippen molar-refractivity contribution in [3.05, 3.63) is 18.0 Å². The summed E-state index contributed by atoms with van der Waals surface area (Å²) < 4.78 is 10.8. The Balaban J connectivity index is 2.32. The molecule has 0 saturated carbocycles. The van der Waals surface area contributed by atoms with Gasteiger partial charge in [0.15, 0.2) is 11.5 Å². The zero-order valence-corrected chi connectivity index (χ0v) is 7.19. The van der Waals surface area contributed by atoms with Gasteiger partial charge >= 0.3 is 0 Å². The molecule has 0 spiro atoms. The Morgan fingerprint density at radius 2 is 2.08 bits per heavy atom. The molecule has 0 radical (unpaired) electrons. The number of pyridine rings is 1. The number of hydrogen-bond acceptors (Lipinski definition) is 4. The maximum atomic E-state index is 8.85. The van der Waals surface area contributed by atoms with E-state index in [1.807, 2.05) is 0 Å². The van der Waals surface area contributed by atoms with E-state index in [0.717, 1.165) is 6.42 Å². The third-order valence-electron chi connectivity index (χ3n) is 1.85. The Kier molecular flexibility index (Phi) is 2.31.